The summed E-state index contributed by atoms with van der Waals surface area (Å²) in [5.74, 6) is -0.617. The maximum Gasteiger partial charge on any atom is 0.339 e. The van der Waals surface area contributed by atoms with Gasteiger partial charge in [-0.3, -0.25) is 10.1 Å². The van der Waals surface area contributed by atoms with Gasteiger partial charge in [0.05, 0.1) is 23.0 Å². The number of furan rings is 1. The first-order valence-corrected chi connectivity index (χ1v) is 10.4. The second-order valence-electron chi connectivity index (χ2n) is 7.49. The van der Waals surface area contributed by atoms with Crippen LogP contribution in [0.25, 0.3) is 22.6 Å². The number of hydrogen-bond acceptors (Lipinski definition) is 6. The number of allylic oxidation sites excluding steroid dienone is 1. The molecule has 1 aliphatic carbocycles. The second kappa shape index (κ2) is 9.05. The Kier molecular flexibility index (Phi) is 6.02. The van der Waals surface area contributed by atoms with Gasteiger partial charge in [0.2, 0.25) is 0 Å². The average Bonchev–Trinajstić information content (AvgIpc) is 3.30. The van der Waals surface area contributed by atoms with Crippen LogP contribution in [0.2, 0.25) is 0 Å². The Morgan fingerprint density at radius 1 is 1.16 bits per heavy atom. The Labute approximate surface area is 184 Å². The molecule has 0 saturated heterocycles. The standard InChI is InChI=1S/C24H23N3O5/c1-14(22(28)27-24(30)25-2)32-23(29)20-17-9-3-4-11-19(17)26-21-15(7-5-10-18(20)21)13-16-8-6-12-31-16/h3-4,6,8-9,11-14H,5,7,10H2,1-2H3,(H2,25,27,28,30). The van der Waals surface area contributed by atoms with Gasteiger partial charge in [-0.25, -0.2) is 14.6 Å². The summed E-state index contributed by atoms with van der Waals surface area (Å²) in [4.78, 5) is 41.7. The molecular formula is C24H23N3O5. The molecule has 164 valence electrons. The normalized spacial score (nSPS) is 15.1. The molecule has 1 aliphatic rings. The molecule has 2 N–H and O–H groups in total. The van der Waals surface area contributed by atoms with E-state index in [0.717, 1.165) is 29.7 Å². The Morgan fingerprint density at radius 2 is 1.97 bits per heavy atom. The number of para-hydroxylation sites is 1. The van der Waals surface area contributed by atoms with Crippen molar-refractivity contribution in [2.45, 2.75) is 32.3 Å². The van der Waals surface area contributed by atoms with Crippen molar-refractivity contribution >= 4 is 40.5 Å². The third-order valence-electron chi connectivity index (χ3n) is 5.35. The summed E-state index contributed by atoms with van der Waals surface area (Å²) in [6.07, 6.45) is 4.70. The highest BCUT2D eigenvalue weighted by Gasteiger charge is 2.28. The molecule has 0 spiro atoms. The molecule has 0 bridgehead atoms. The van der Waals surface area contributed by atoms with Crippen LogP contribution >= 0.6 is 0 Å². The number of ether oxygens (including phenoxy) is 1. The number of nitrogens with one attached hydrogen (secondary N) is 2. The van der Waals surface area contributed by atoms with E-state index in [-0.39, 0.29) is 0 Å². The predicted octanol–water partition coefficient (Wildman–Crippen LogP) is 3.71. The second-order valence-corrected chi connectivity index (χ2v) is 7.49. The number of pyridine rings is 1. The number of esters is 1. The van der Waals surface area contributed by atoms with E-state index in [0.29, 0.717) is 28.6 Å². The Bertz CT molecular complexity index is 1210. The van der Waals surface area contributed by atoms with Gasteiger partial charge in [0.15, 0.2) is 6.10 Å². The van der Waals surface area contributed by atoms with E-state index in [4.69, 9.17) is 14.1 Å². The Morgan fingerprint density at radius 3 is 2.72 bits per heavy atom. The third kappa shape index (κ3) is 4.25. The van der Waals surface area contributed by atoms with E-state index in [1.165, 1.54) is 14.0 Å². The van der Waals surface area contributed by atoms with Crippen molar-refractivity contribution in [3.63, 3.8) is 0 Å². The van der Waals surface area contributed by atoms with Gasteiger partial charge in [0.1, 0.15) is 5.76 Å². The van der Waals surface area contributed by atoms with Crippen LogP contribution in [0.3, 0.4) is 0 Å². The first kappa shape index (κ1) is 21.3. The summed E-state index contributed by atoms with van der Waals surface area (Å²) in [7, 11) is 1.39. The van der Waals surface area contributed by atoms with Gasteiger partial charge < -0.3 is 14.5 Å². The van der Waals surface area contributed by atoms with Gasteiger partial charge in [-0.1, -0.05) is 18.2 Å². The summed E-state index contributed by atoms with van der Waals surface area (Å²) in [5, 5.41) is 5.07. The van der Waals surface area contributed by atoms with Gasteiger partial charge in [-0.15, -0.1) is 0 Å². The number of carbonyl (C=O) groups is 3. The number of amides is 3. The molecule has 8 heteroatoms. The number of benzene rings is 1. The molecule has 1 atom stereocenters. The van der Waals surface area contributed by atoms with Gasteiger partial charge in [0.25, 0.3) is 5.91 Å². The van der Waals surface area contributed by atoms with E-state index >= 15 is 0 Å². The number of rotatable bonds is 4. The number of nitrogens with zero attached hydrogens (tertiary/aromatic N) is 1. The predicted molar refractivity (Wildman–Crippen MR) is 119 cm³/mol. The molecule has 0 fully saturated rings. The molecule has 0 radical (unpaired) electrons. The molecule has 1 aromatic carbocycles. The van der Waals surface area contributed by atoms with Gasteiger partial charge >= 0.3 is 12.0 Å². The zero-order chi connectivity index (χ0) is 22.7. The topological polar surface area (TPSA) is 111 Å². The number of aromatic nitrogens is 1. The third-order valence-corrected chi connectivity index (χ3v) is 5.35. The first-order chi connectivity index (χ1) is 15.5. The summed E-state index contributed by atoms with van der Waals surface area (Å²) in [6, 6.07) is 10.4. The van der Waals surface area contributed by atoms with Crippen LogP contribution in [0.15, 0.2) is 47.1 Å². The van der Waals surface area contributed by atoms with Gasteiger partial charge in [0, 0.05) is 12.4 Å². The first-order valence-electron chi connectivity index (χ1n) is 10.4. The molecule has 8 nitrogen and oxygen atoms in total. The van der Waals surface area contributed by atoms with E-state index < -0.39 is 24.0 Å². The van der Waals surface area contributed by atoms with E-state index in [1.807, 2.05) is 42.5 Å². The highest BCUT2D eigenvalue weighted by Crippen LogP contribution is 2.36. The smallest absolute Gasteiger partial charge is 0.339 e. The lowest BCUT2D eigenvalue weighted by Gasteiger charge is -2.23. The van der Waals surface area contributed by atoms with Crippen molar-refractivity contribution < 1.29 is 23.5 Å². The van der Waals surface area contributed by atoms with Crippen LogP contribution in [0.4, 0.5) is 4.79 Å². The Hall–Kier alpha value is -3.94. The number of hydrogen-bond donors (Lipinski definition) is 2. The largest absolute Gasteiger partial charge is 0.465 e. The highest BCUT2D eigenvalue weighted by molar-refractivity contribution is 6.07. The Balaban J connectivity index is 1.75. The number of carbonyl (C=O) groups excluding carboxylic acids is 3. The number of imide groups is 1. The minimum absolute atomic E-state index is 0.398. The molecule has 0 aliphatic heterocycles. The molecule has 1 unspecified atom stereocenters. The molecule has 2 heterocycles. The lowest BCUT2D eigenvalue weighted by molar-refractivity contribution is -0.127. The lowest BCUT2D eigenvalue weighted by Crippen LogP contribution is -2.43. The van der Waals surface area contributed by atoms with Crippen molar-refractivity contribution in [1.29, 1.82) is 0 Å². The fourth-order valence-electron chi connectivity index (χ4n) is 3.80. The summed E-state index contributed by atoms with van der Waals surface area (Å²) < 4.78 is 10.9. The van der Waals surface area contributed by atoms with Crippen LogP contribution in [-0.4, -0.2) is 36.0 Å². The summed E-state index contributed by atoms with van der Waals surface area (Å²) in [5.41, 5.74) is 3.56. The van der Waals surface area contributed by atoms with Crippen molar-refractivity contribution in [2.24, 2.45) is 0 Å². The lowest BCUT2D eigenvalue weighted by atomic mass is 9.86. The fourth-order valence-corrected chi connectivity index (χ4v) is 3.80. The van der Waals surface area contributed by atoms with E-state index in [9.17, 15) is 14.4 Å². The minimum atomic E-state index is -1.15. The van der Waals surface area contributed by atoms with Crippen LogP contribution in [0.5, 0.6) is 0 Å². The summed E-state index contributed by atoms with van der Waals surface area (Å²) in [6.45, 7) is 1.42. The monoisotopic (exact) mass is 433 g/mol. The van der Waals surface area contributed by atoms with Crippen molar-refractivity contribution in [2.75, 3.05) is 7.05 Å². The minimum Gasteiger partial charge on any atom is -0.465 e. The van der Waals surface area contributed by atoms with Crippen molar-refractivity contribution in [1.82, 2.24) is 15.6 Å². The zero-order valence-corrected chi connectivity index (χ0v) is 17.8. The summed E-state index contributed by atoms with van der Waals surface area (Å²) >= 11 is 0. The fraction of sp³-hybridized carbons (Fsp3) is 0.250. The van der Waals surface area contributed by atoms with Crippen LogP contribution in [-0.2, 0) is 16.0 Å². The van der Waals surface area contributed by atoms with E-state index in [2.05, 4.69) is 10.6 Å². The molecule has 32 heavy (non-hydrogen) atoms. The van der Waals surface area contributed by atoms with E-state index in [1.54, 1.807) is 6.26 Å². The zero-order valence-electron chi connectivity index (χ0n) is 17.8. The number of fused-ring (bicyclic) bond motifs is 2. The molecular weight excluding hydrogens is 410 g/mol. The van der Waals surface area contributed by atoms with Crippen molar-refractivity contribution in [3.05, 3.63) is 65.2 Å². The number of urea groups is 1. The van der Waals surface area contributed by atoms with Crippen LogP contribution in [0.1, 0.15) is 47.1 Å². The van der Waals surface area contributed by atoms with Gasteiger partial charge in [-0.05, 0) is 61.6 Å². The van der Waals surface area contributed by atoms with Crippen molar-refractivity contribution in [3.8, 4) is 0 Å². The van der Waals surface area contributed by atoms with Gasteiger partial charge in [-0.2, -0.15) is 0 Å². The average molecular weight is 433 g/mol. The molecule has 4 rings (SSSR count). The molecule has 2 aromatic heterocycles. The highest BCUT2D eigenvalue weighted by atomic mass is 16.5. The van der Waals surface area contributed by atoms with Crippen LogP contribution in [0, 0.1) is 0 Å². The SMILES string of the molecule is CNC(=O)NC(=O)C(C)OC(=O)c1c2c(nc3ccccc13)C(=Cc1ccco1)CCC2. The quantitative estimate of drug-likeness (QED) is 0.607. The molecule has 3 amide bonds. The maximum atomic E-state index is 13.3. The maximum absolute atomic E-state index is 13.3. The van der Waals surface area contributed by atoms with Crippen LogP contribution < -0.4 is 10.6 Å². The molecule has 3 aromatic rings. The molecule has 0 saturated carbocycles.